The summed E-state index contributed by atoms with van der Waals surface area (Å²) >= 11 is 0. The Morgan fingerprint density at radius 2 is 2.00 bits per heavy atom. The molecule has 22 heavy (non-hydrogen) atoms. The molecule has 0 saturated heterocycles. The van der Waals surface area contributed by atoms with E-state index >= 15 is 0 Å². The van der Waals surface area contributed by atoms with Gasteiger partial charge in [0.25, 0.3) is 0 Å². The lowest BCUT2D eigenvalue weighted by Crippen LogP contribution is -2.11. The predicted molar refractivity (Wildman–Crippen MR) is 68.1 cm³/mol. The van der Waals surface area contributed by atoms with Crippen LogP contribution in [0.2, 0.25) is 0 Å². The average molecular weight is 320 g/mol. The van der Waals surface area contributed by atoms with Crippen molar-refractivity contribution in [2.45, 2.75) is 31.4 Å². The molecule has 0 aliphatic heterocycles. The van der Waals surface area contributed by atoms with Crippen LogP contribution in [0.5, 0.6) is 0 Å². The van der Waals surface area contributed by atoms with Crippen molar-refractivity contribution in [1.82, 2.24) is 0 Å². The molecule has 0 radical (unpaired) electrons. The summed E-state index contributed by atoms with van der Waals surface area (Å²) in [6.07, 6.45) is -2.68. The quantitative estimate of drug-likeness (QED) is 0.611. The van der Waals surface area contributed by atoms with E-state index in [0.29, 0.717) is 18.9 Å². The van der Waals surface area contributed by atoms with Crippen LogP contribution in [-0.2, 0) is 21.1 Å². The molecular weight excluding hydrogens is 307 g/mol. The third-order valence-corrected chi connectivity index (χ3v) is 3.47. The van der Waals surface area contributed by atoms with Gasteiger partial charge < -0.3 is 4.74 Å². The Morgan fingerprint density at radius 3 is 2.45 bits per heavy atom. The van der Waals surface area contributed by atoms with Gasteiger partial charge in [0.2, 0.25) is 0 Å². The van der Waals surface area contributed by atoms with Crippen molar-refractivity contribution in [3.63, 3.8) is 0 Å². The van der Waals surface area contributed by atoms with Crippen LogP contribution < -0.4 is 0 Å². The van der Waals surface area contributed by atoms with Gasteiger partial charge >= 0.3 is 12.1 Å². The number of ether oxygens (including phenoxy) is 1. The van der Waals surface area contributed by atoms with Crippen LogP contribution in [0.25, 0.3) is 0 Å². The average Bonchev–Trinajstić information content (AvgIpc) is 3.15. The van der Waals surface area contributed by atoms with Crippen LogP contribution in [-0.4, -0.2) is 12.6 Å². The highest BCUT2D eigenvalue weighted by molar-refractivity contribution is 5.66. The van der Waals surface area contributed by atoms with Crippen LogP contribution in [0.3, 0.4) is 0 Å². The minimum atomic E-state index is -4.63. The second-order valence-corrected chi connectivity index (χ2v) is 5.22. The number of halogens is 5. The minimum absolute atomic E-state index is 0.0125. The van der Waals surface area contributed by atoms with E-state index in [4.69, 9.17) is 0 Å². The first kappa shape index (κ1) is 16.5. The van der Waals surface area contributed by atoms with Gasteiger partial charge in [-0.2, -0.15) is 13.2 Å². The molecule has 2 nitrogen and oxygen atoms in total. The Hall–Kier alpha value is -1.92. The Balaban J connectivity index is 2.24. The normalized spacial score (nSPS) is 17.3. The zero-order valence-corrected chi connectivity index (χ0v) is 11.6. The lowest BCUT2D eigenvalue weighted by molar-refractivity contribution is -0.140. The zero-order chi connectivity index (χ0) is 16.5. The van der Waals surface area contributed by atoms with E-state index < -0.39 is 41.4 Å². The maximum Gasteiger partial charge on any atom is 0.416 e. The molecule has 120 valence electrons. The van der Waals surface area contributed by atoms with Gasteiger partial charge in [0, 0.05) is 12.3 Å². The molecule has 1 aliphatic rings. The van der Waals surface area contributed by atoms with Gasteiger partial charge in [0.1, 0.15) is 18.3 Å². The van der Waals surface area contributed by atoms with Gasteiger partial charge in [-0.25, -0.2) is 8.78 Å². The SMILES string of the molecule is CC(=O)OCC(F)=CC1(c2ccc(C(F)(F)F)cc2F)CC1. The van der Waals surface area contributed by atoms with Gasteiger partial charge in [-0.05, 0) is 36.6 Å². The number of hydrogen-bond acceptors (Lipinski definition) is 2. The fourth-order valence-electron chi connectivity index (χ4n) is 2.23. The minimum Gasteiger partial charge on any atom is -0.459 e. The van der Waals surface area contributed by atoms with Crippen LogP contribution in [0, 0.1) is 5.82 Å². The van der Waals surface area contributed by atoms with Crippen molar-refractivity contribution in [2.24, 2.45) is 0 Å². The summed E-state index contributed by atoms with van der Waals surface area (Å²) in [5, 5.41) is 0. The second-order valence-electron chi connectivity index (χ2n) is 5.22. The third kappa shape index (κ3) is 3.64. The predicted octanol–water partition coefficient (Wildman–Crippen LogP) is 4.29. The number of benzene rings is 1. The summed E-state index contributed by atoms with van der Waals surface area (Å²) in [6, 6.07) is 2.21. The molecule has 0 spiro atoms. The van der Waals surface area contributed by atoms with Crippen molar-refractivity contribution in [3.05, 3.63) is 47.0 Å². The number of carbonyl (C=O) groups is 1. The van der Waals surface area contributed by atoms with E-state index in [1.807, 2.05) is 0 Å². The highest BCUT2D eigenvalue weighted by atomic mass is 19.4. The van der Waals surface area contributed by atoms with Crippen molar-refractivity contribution in [3.8, 4) is 0 Å². The van der Waals surface area contributed by atoms with Crippen molar-refractivity contribution in [1.29, 1.82) is 0 Å². The molecule has 0 N–H and O–H groups in total. The van der Waals surface area contributed by atoms with Gasteiger partial charge in [-0.1, -0.05) is 6.07 Å². The van der Waals surface area contributed by atoms with Crippen LogP contribution in [0.4, 0.5) is 22.0 Å². The van der Waals surface area contributed by atoms with Gasteiger partial charge in [0.15, 0.2) is 0 Å². The molecule has 1 fully saturated rings. The van der Waals surface area contributed by atoms with Crippen LogP contribution >= 0.6 is 0 Å². The molecule has 1 saturated carbocycles. The molecule has 1 aliphatic carbocycles. The summed E-state index contributed by atoms with van der Waals surface area (Å²) in [7, 11) is 0. The van der Waals surface area contributed by atoms with Crippen molar-refractivity contribution >= 4 is 5.97 Å². The third-order valence-electron chi connectivity index (χ3n) is 3.47. The molecule has 7 heteroatoms. The largest absolute Gasteiger partial charge is 0.459 e. The summed E-state index contributed by atoms with van der Waals surface area (Å²) in [5.74, 6) is -2.44. The van der Waals surface area contributed by atoms with Crippen molar-refractivity contribution < 1.29 is 31.5 Å². The van der Waals surface area contributed by atoms with E-state index in [1.165, 1.54) is 0 Å². The summed E-state index contributed by atoms with van der Waals surface area (Å²) in [6.45, 7) is 0.551. The summed E-state index contributed by atoms with van der Waals surface area (Å²) in [4.78, 5) is 10.6. The van der Waals surface area contributed by atoms with Crippen molar-refractivity contribution in [2.75, 3.05) is 6.61 Å². The fraction of sp³-hybridized carbons (Fsp3) is 0.400. The first-order valence-corrected chi connectivity index (χ1v) is 6.52. The smallest absolute Gasteiger partial charge is 0.416 e. The molecule has 2 rings (SSSR count). The van der Waals surface area contributed by atoms with Crippen LogP contribution in [0.15, 0.2) is 30.1 Å². The first-order chi connectivity index (χ1) is 10.1. The number of carbonyl (C=O) groups excluding carboxylic acids is 1. The maximum atomic E-state index is 13.9. The lowest BCUT2D eigenvalue weighted by Gasteiger charge is -2.15. The fourth-order valence-corrected chi connectivity index (χ4v) is 2.23. The molecule has 1 aromatic carbocycles. The molecule has 1 aromatic rings. The molecule has 0 aromatic heterocycles. The summed E-state index contributed by atoms with van der Waals surface area (Å²) in [5.41, 5.74) is -2.04. The molecule has 0 heterocycles. The molecule has 0 unspecified atom stereocenters. The van der Waals surface area contributed by atoms with E-state index in [1.54, 1.807) is 0 Å². The van der Waals surface area contributed by atoms with E-state index in [0.717, 1.165) is 25.1 Å². The Labute approximate surface area is 123 Å². The zero-order valence-electron chi connectivity index (χ0n) is 11.6. The topological polar surface area (TPSA) is 26.3 Å². The Morgan fingerprint density at radius 1 is 1.36 bits per heavy atom. The van der Waals surface area contributed by atoms with Gasteiger partial charge in [0.05, 0.1) is 5.56 Å². The molecule has 0 atom stereocenters. The monoisotopic (exact) mass is 320 g/mol. The Kier molecular flexibility index (Phi) is 4.26. The molecule has 0 bridgehead atoms. The number of allylic oxidation sites excluding steroid dienone is 1. The lowest BCUT2D eigenvalue weighted by atomic mass is 9.93. The van der Waals surface area contributed by atoms with Gasteiger partial charge in [-0.3, -0.25) is 4.79 Å². The summed E-state index contributed by atoms with van der Waals surface area (Å²) < 4.78 is 69.6. The molecule has 0 amide bonds. The number of alkyl halides is 3. The number of rotatable bonds is 4. The highest BCUT2D eigenvalue weighted by Crippen LogP contribution is 2.51. The van der Waals surface area contributed by atoms with E-state index in [2.05, 4.69) is 4.74 Å². The number of hydrogen-bond donors (Lipinski definition) is 0. The highest BCUT2D eigenvalue weighted by Gasteiger charge is 2.45. The number of esters is 1. The van der Waals surface area contributed by atoms with E-state index in [-0.39, 0.29) is 5.56 Å². The first-order valence-electron chi connectivity index (χ1n) is 6.52. The second kappa shape index (κ2) is 5.70. The molecular formula is C15H13F5O2. The Bertz CT molecular complexity index is 615. The maximum absolute atomic E-state index is 13.9. The van der Waals surface area contributed by atoms with Crippen LogP contribution in [0.1, 0.15) is 30.9 Å². The van der Waals surface area contributed by atoms with Gasteiger partial charge in [-0.15, -0.1) is 0 Å². The van der Waals surface area contributed by atoms with E-state index in [9.17, 15) is 26.7 Å². The standard InChI is InChI=1S/C15H13F5O2/c1-9(21)22-8-11(16)7-14(4-5-14)12-3-2-10(6-13(12)17)15(18,19)20/h2-3,6-7H,4-5,8H2,1H3.